The van der Waals surface area contributed by atoms with E-state index < -0.39 is 22.0 Å². The number of carbonyl (C=O) groups excluding carboxylic acids is 1. The van der Waals surface area contributed by atoms with Crippen LogP contribution in [0, 0.1) is 12.8 Å². The Morgan fingerprint density at radius 2 is 1.77 bits per heavy atom. The molecule has 2 rings (SSSR count). The van der Waals surface area contributed by atoms with E-state index in [1.54, 1.807) is 38.1 Å². The third-order valence-corrected chi connectivity index (χ3v) is 6.45. The maximum Gasteiger partial charge on any atom is 0.258 e. The number of aryl methyl sites for hydroxylation is 1. The molecule has 0 aliphatic heterocycles. The minimum Gasteiger partial charge on any atom is -0.493 e. The van der Waals surface area contributed by atoms with Crippen molar-refractivity contribution in [3.63, 3.8) is 0 Å². The first-order chi connectivity index (χ1) is 14.6. The lowest BCUT2D eigenvalue weighted by Crippen LogP contribution is -2.48. The van der Waals surface area contributed by atoms with Gasteiger partial charge in [-0.15, -0.1) is 0 Å². The van der Waals surface area contributed by atoms with Crippen molar-refractivity contribution in [1.82, 2.24) is 10.1 Å². The highest BCUT2D eigenvalue weighted by Gasteiger charge is 2.28. The van der Waals surface area contributed by atoms with Gasteiger partial charge in [-0.25, -0.2) is 13.8 Å². The number of benzene rings is 2. The summed E-state index contributed by atoms with van der Waals surface area (Å²) in [5.74, 6) is 0.164. The third kappa shape index (κ3) is 6.52. The average molecular weight is 512 g/mol. The van der Waals surface area contributed by atoms with Crippen LogP contribution >= 0.6 is 15.9 Å². The Kier molecular flexibility index (Phi) is 8.60. The summed E-state index contributed by atoms with van der Waals surface area (Å²) in [6.07, 6.45) is 1.43. The lowest BCUT2D eigenvalue weighted by molar-refractivity contribution is -0.123. The normalized spacial score (nSPS) is 12.7. The van der Waals surface area contributed by atoms with Crippen molar-refractivity contribution in [2.45, 2.75) is 31.7 Å². The number of amides is 1. The van der Waals surface area contributed by atoms with E-state index in [1.165, 1.54) is 32.6 Å². The molecule has 0 spiro atoms. The second kappa shape index (κ2) is 10.7. The van der Waals surface area contributed by atoms with Gasteiger partial charge in [0.15, 0.2) is 11.5 Å². The number of nitrogens with zero attached hydrogens (tertiary/aromatic N) is 1. The summed E-state index contributed by atoms with van der Waals surface area (Å²) in [6.45, 7) is 5.36. The minimum atomic E-state index is -3.87. The Labute approximate surface area is 191 Å². The Morgan fingerprint density at radius 3 is 2.32 bits per heavy atom. The molecule has 10 heteroatoms. The maximum absolute atomic E-state index is 12.7. The highest BCUT2D eigenvalue weighted by Crippen LogP contribution is 2.35. The molecule has 8 nitrogen and oxygen atoms in total. The number of halogens is 1. The Hall–Kier alpha value is -2.43. The summed E-state index contributed by atoms with van der Waals surface area (Å²) in [4.78, 5) is 12.7. The number of carbonyl (C=O) groups is 1. The van der Waals surface area contributed by atoms with E-state index in [9.17, 15) is 13.2 Å². The lowest BCUT2D eigenvalue weighted by Gasteiger charge is -2.20. The highest BCUT2D eigenvalue weighted by atomic mass is 79.9. The number of hydrogen-bond acceptors (Lipinski definition) is 6. The summed E-state index contributed by atoms with van der Waals surface area (Å²) in [5.41, 5.74) is 3.98. The molecule has 0 bridgehead atoms. The summed E-state index contributed by atoms with van der Waals surface area (Å²) in [5, 5.41) is 3.95. The van der Waals surface area contributed by atoms with Crippen molar-refractivity contribution in [2.75, 3.05) is 14.2 Å². The monoisotopic (exact) mass is 511 g/mol. The molecule has 0 aromatic heterocycles. The molecule has 1 atom stereocenters. The summed E-state index contributed by atoms with van der Waals surface area (Å²) >= 11 is 3.39. The van der Waals surface area contributed by atoms with Crippen LogP contribution < -0.4 is 19.6 Å². The van der Waals surface area contributed by atoms with Gasteiger partial charge in [0.1, 0.15) is 6.04 Å². The zero-order valence-electron chi connectivity index (χ0n) is 18.0. The summed E-state index contributed by atoms with van der Waals surface area (Å²) in [7, 11) is -0.823. The van der Waals surface area contributed by atoms with E-state index in [0.717, 1.165) is 5.56 Å². The van der Waals surface area contributed by atoms with Gasteiger partial charge in [0, 0.05) is 0 Å². The number of ether oxygens (including phenoxy) is 2. The van der Waals surface area contributed by atoms with Crippen molar-refractivity contribution in [3.05, 3.63) is 52.0 Å². The molecule has 2 N–H and O–H groups in total. The first-order valence-corrected chi connectivity index (χ1v) is 11.7. The van der Waals surface area contributed by atoms with Gasteiger partial charge >= 0.3 is 0 Å². The van der Waals surface area contributed by atoms with Crippen LogP contribution in [-0.4, -0.2) is 40.8 Å². The predicted molar refractivity (Wildman–Crippen MR) is 123 cm³/mol. The van der Waals surface area contributed by atoms with E-state index in [-0.39, 0.29) is 10.8 Å². The van der Waals surface area contributed by atoms with Crippen molar-refractivity contribution in [1.29, 1.82) is 0 Å². The fraction of sp³-hybridized carbons (Fsp3) is 0.333. The highest BCUT2D eigenvalue weighted by molar-refractivity contribution is 9.10. The van der Waals surface area contributed by atoms with Crippen LogP contribution in [0.5, 0.6) is 11.5 Å². The topological polar surface area (TPSA) is 106 Å². The SMILES string of the molecule is COc1cc(/C=N\NC(=O)[C@@H](NS(=O)(=O)c2ccc(C)cc2)C(C)C)cc(Br)c1OC. The first-order valence-electron chi connectivity index (χ1n) is 9.42. The van der Waals surface area contributed by atoms with Crippen molar-refractivity contribution < 1.29 is 22.7 Å². The molecule has 1 amide bonds. The van der Waals surface area contributed by atoms with E-state index in [0.29, 0.717) is 21.5 Å². The van der Waals surface area contributed by atoms with Crippen molar-refractivity contribution >= 4 is 38.1 Å². The third-order valence-electron chi connectivity index (χ3n) is 4.41. The lowest BCUT2D eigenvalue weighted by atomic mass is 10.1. The Bertz CT molecular complexity index is 1050. The zero-order chi connectivity index (χ0) is 23.2. The van der Waals surface area contributed by atoms with Gasteiger partial charge in [0.2, 0.25) is 10.0 Å². The predicted octanol–water partition coefficient (Wildman–Crippen LogP) is 3.23. The van der Waals surface area contributed by atoms with Gasteiger partial charge < -0.3 is 9.47 Å². The molecular weight excluding hydrogens is 486 g/mol. The zero-order valence-corrected chi connectivity index (χ0v) is 20.4. The maximum atomic E-state index is 12.7. The number of rotatable bonds is 9. The molecule has 0 saturated carbocycles. The van der Waals surface area contributed by atoms with Gasteiger partial charge in [0.05, 0.1) is 29.8 Å². The molecule has 0 saturated heterocycles. The number of hydrogen-bond donors (Lipinski definition) is 2. The van der Waals surface area contributed by atoms with Crippen molar-refractivity contribution in [2.24, 2.45) is 11.0 Å². The second-order valence-electron chi connectivity index (χ2n) is 7.13. The standard InChI is InChI=1S/C21H26BrN3O5S/c1-13(2)19(25-31(27,28)16-8-6-14(3)7-9-16)21(26)24-23-12-15-10-17(22)20(30-5)18(11-15)29-4/h6-13,19,25H,1-5H3,(H,24,26)/b23-12-/t19-/m0/s1. The van der Waals surface area contributed by atoms with E-state index in [2.05, 4.69) is 31.2 Å². The van der Waals surface area contributed by atoms with Crippen LogP contribution in [0.4, 0.5) is 0 Å². The summed E-state index contributed by atoms with van der Waals surface area (Å²) in [6, 6.07) is 8.84. The molecule has 31 heavy (non-hydrogen) atoms. The Balaban J connectivity index is 2.14. The average Bonchev–Trinajstić information content (AvgIpc) is 2.71. The quantitative estimate of drug-likeness (QED) is 0.397. The smallest absolute Gasteiger partial charge is 0.258 e. The van der Waals surface area contributed by atoms with Crippen molar-refractivity contribution in [3.8, 4) is 11.5 Å². The number of nitrogens with one attached hydrogen (secondary N) is 2. The van der Waals surface area contributed by atoms with E-state index >= 15 is 0 Å². The van der Waals surface area contributed by atoms with Crippen LogP contribution in [0.25, 0.3) is 0 Å². The van der Waals surface area contributed by atoms with Gasteiger partial charge in [-0.05, 0) is 58.6 Å². The van der Waals surface area contributed by atoms with Gasteiger partial charge in [0.25, 0.3) is 5.91 Å². The first kappa shape index (κ1) is 24.8. The van der Waals surface area contributed by atoms with Gasteiger partial charge in [-0.1, -0.05) is 31.5 Å². The largest absolute Gasteiger partial charge is 0.493 e. The second-order valence-corrected chi connectivity index (χ2v) is 9.70. The van der Waals surface area contributed by atoms with E-state index in [4.69, 9.17) is 9.47 Å². The van der Waals surface area contributed by atoms with E-state index in [1.807, 2.05) is 6.92 Å². The van der Waals surface area contributed by atoms with Gasteiger partial charge in [-0.2, -0.15) is 9.82 Å². The molecule has 0 aliphatic rings. The minimum absolute atomic E-state index is 0.0928. The Morgan fingerprint density at radius 1 is 1.13 bits per heavy atom. The molecule has 0 aliphatic carbocycles. The van der Waals surface area contributed by atoms with Crippen LogP contribution in [0.3, 0.4) is 0 Å². The summed E-state index contributed by atoms with van der Waals surface area (Å²) < 4.78 is 39.0. The fourth-order valence-corrected chi connectivity index (χ4v) is 4.66. The molecule has 168 valence electrons. The molecule has 0 heterocycles. The number of hydrazone groups is 1. The van der Waals surface area contributed by atoms with Crippen LogP contribution in [0.2, 0.25) is 0 Å². The molecule has 2 aromatic rings. The number of methoxy groups -OCH3 is 2. The molecule has 0 radical (unpaired) electrons. The van der Waals surface area contributed by atoms with Crippen LogP contribution in [0.1, 0.15) is 25.0 Å². The molecule has 0 fully saturated rings. The molecular formula is C21H26BrN3O5S. The van der Waals surface area contributed by atoms with Crippen LogP contribution in [-0.2, 0) is 14.8 Å². The van der Waals surface area contributed by atoms with Crippen LogP contribution in [0.15, 0.2) is 50.9 Å². The van der Waals surface area contributed by atoms with Gasteiger partial charge in [-0.3, -0.25) is 4.79 Å². The molecule has 2 aromatic carbocycles. The number of sulfonamides is 1. The molecule has 0 unspecified atom stereocenters. The fourth-order valence-electron chi connectivity index (χ4n) is 2.70.